The molecular formula is C31H29Cl2N3O11S4. The molecular weight excluding hydrogens is 790 g/mol. The van der Waals surface area contributed by atoms with Gasteiger partial charge >= 0.3 is 23.1 Å². The molecule has 51 heavy (non-hydrogen) atoms. The smallest absolute Gasteiger partial charge is 0.335 e. The molecule has 3 aromatic heterocycles. The fourth-order valence-electron chi connectivity index (χ4n) is 4.36. The Balaban J connectivity index is 0.000000306. The van der Waals surface area contributed by atoms with E-state index in [2.05, 4.69) is 15.0 Å². The van der Waals surface area contributed by atoms with Crippen molar-refractivity contribution < 1.29 is 48.0 Å². The minimum absolute atomic E-state index is 0.0490. The number of phenolic OH excluding ortho intramolecular Hbond substituents is 1. The van der Waals surface area contributed by atoms with Crippen molar-refractivity contribution in [2.24, 2.45) is 0 Å². The van der Waals surface area contributed by atoms with E-state index >= 15 is 0 Å². The van der Waals surface area contributed by atoms with Gasteiger partial charge in [-0.25, -0.2) is 31.8 Å². The van der Waals surface area contributed by atoms with Crippen LogP contribution in [0.2, 0.25) is 10.3 Å². The van der Waals surface area contributed by atoms with E-state index in [4.69, 9.17) is 44.5 Å². The topological polar surface area (TPSA) is 226 Å². The van der Waals surface area contributed by atoms with Crippen molar-refractivity contribution in [2.45, 2.75) is 42.9 Å². The highest BCUT2D eigenvalue weighted by atomic mass is 35.5. The van der Waals surface area contributed by atoms with Crippen LogP contribution in [-0.4, -0.2) is 72.0 Å². The predicted octanol–water partition coefficient (Wildman–Crippen LogP) is 5.00. The lowest BCUT2D eigenvalue weighted by Crippen LogP contribution is -2.10. The van der Waals surface area contributed by atoms with Gasteiger partial charge in [0.05, 0.1) is 9.79 Å². The lowest BCUT2D eigenvalue weighted by Gasteiger charge is -2.09. The summed E-state index contributed by atoms with van der Waals surface area (Å²) in [5.74, 6) is -0.129. The normalized spacial score (nSPS) is 10.8. The van der Waals surface area contributed by atoms with Crippen molar-refractivity contribution in [3.8, 4) is 17.3 Å². The number of carbonyl (C=O) groups is 1. The third-order valence-electron chi connectivity index (χ3n) is 6.74. The van der Waals surface area contributed by atoms with Gasteiger partial charge in [0.2, 0.25) is 5.89 Å². The summed E-state index contributed by atoms with van der Waals surface area (Å²) in [6, 6.07) is 15.4. The highest BCUT2D eigenvalue weighted by Gasteiger charge is 2.19. The zero-order valence-electron chi connectivity index (χ0n) is 27.2. The molecule has 0 amide bonds. The number of aryl methyl sites for hydroxylation is 2. The van der Waals surface area contributed by atoms with Crippen LogP contribution < -0.4 is 0 Å². The Morgan fingerprint density at radius 3 is 1.78 bits per heavy atom. The van der Waals surface area contributed by atoms with Crippen molar-refractivity contribution in [3.63, 3.8) is 0 Å². The number of phenols is 1. The number of aromatic hydroxyl groups is 1. The molecule has 0 spiro atoms. The van der Waals surface area contributed by atoms with E-state index < -0.39 is 42.8 Å². The molecule has 0 unspecified atom stereocenters. The van der Waals surface area contributed by atoms with E-state index in [1.807, 2.05) is 19.9 Å². The molecule has 20 heteroatoms. The molecule has 0 aliphatic carbocycles. The molecule has 0 atom stereocenters. The maximum Gasteiger partial charge on any atom is 0.335 e. The summed E-state index contributed by atoms with van der Waals surface area (Å²) in [5, 5.41) is 10.4. The number of hydrogen-bond donors (Lipinski definition) is 1. The summed E-state index contributed by atoms with van der Waals surface area (Å²) < 4.78 is 85.3. The SMILES string of the molecule is CCc1ccc(Cl)nc1-c1nc2cc(S(C)(=O)=O)ccc2o1.CCc1ccc(Cl)nc1C(=O)Cc1cc(S(C)(=O)=O)ccc1O.O=S=O.O=S=O. The number of aromatic nitrogens is 3. The standard InChI is InChI=1S/C16H16ClNO4S.C15H13ClN2O3S.2O2S/c1-3-10-4-7-15(17)18-16(10)14(20)9-11-8-12(23(2,21)22)5-6-13(11)19;1-3-9-4-7-13(16)18-14(9)15-17-11-8-10(22(2,19)20)5-6-12(11)21-15;2*1-3-2/h4-8,19H,3,9H2,1-2H3;4-8H,3H2,1-2H3;;. The van der Waals surface area contributed by atoms with Crippen LogP contribution in [-0.2, 0) is 62.1 Å². The summed E-state index contributed by atoms with van der Waals surface area (Å²) in [7, 11) is -6.71. The van der Waals surface area contributed by atoms with Crippen LogP contribution in [0.1, 0.15) is 41.0 Å². The number of pyridine rings is 2. The predicted molar refractivity (Wildman–Crippen MR) is 190 cm³/mol. The molecule has 2 aromatic carbocycles. The van der Waals surface area contributed by atoms with Crippen LogP contribution in [0.4, 0.5) is 0 Å². The maximum atomic E-state index is 12.5. The zero-order chi connectivity index (χ0) is 38.5. The van der Waals surface area contributed by atoms with Crippen molar-refractivity contribution >= 4 is 82.9 Å². The highest BCUT2D eigenvalue weighted by molar-refractivity contribution is 7.91. The lowest BCUT2D eigenvalue weighted by atomic mass is 10.0. The summed E-state index contributed by atoms with van der Waals surface area (Å²) >= 11 is 10.3. The number of sulfone groups is 2. The van der Waals surface area contributed by atoms with E-state index in [9.17, 15) is 26.7 Å². The molecule has 0 fully saturated rings. The first kappa shape index (κ1) is 43.0. The van der Waals surface area contributed by atoms with Crippen LogP contribution in [0, 0.1) is 0 Å². The maximum absolute atomic E-state index is 12.5. The zero-order valence-corrected chi connectivity index (χ0v) is 31.9. The van der Waals surface area contributed by atoms with Gasteiger partial charge in [-0.05, 0) is 72.5 Å². The molecule has 272 valence electrons. The summed E-state index contributed by atoms with van der Waals surface area (Å²) in [4.78, 5) is 25.4. The van der Waals surface area contributed by atoms with Crippen LogP contribution in [0.3, 0.4) is 0 Å². The third-order valence-corrected chi connectivity index (χ3v) is 9.38. The van der Waals surface area contributed by atoms with E-state index in [1.54, 1.807) is 24.3 Å². The van der Waals surface area contributed by atoms with Gasteiger partial charge in [0.1, 0.15) is 33.0 Å². The molecule has 1 N–H and O–H groups in total. The van der Waals surface area contributed by atoms with Gasteiger partial charge in [-0.1, -0.05) is 49.2 Å². The van der Waals surface area contributed by atoms with E-state index in [-0.39, 0.29) is 44.2 Å². The van der Waals surface area contributed by atoms with Crippen molar-refractivity contribution in [2.75, 3.05) is 12.5 Å². The highest BCUT2D eigenvalue weighted by Crippen LogP contribution is 2.29. The quantitative estimate of drug-likeness (QED) is 0.161. The Labute approximate surface area is 310 Å². The Hall–Kier alpha value is -4.20. The van der Waals surface area contributed by atoms with Crippen molar-refractivity contribution in [3.05, 3.63) is 93.4 Å². The first-order chi connectivity index (χ1) is 23.9. The summed E-state index contributed by atoms with van der Waals surface area (Å²) in [6.45, 7) is 3.89. The number of hydrogen-bond acceptors (Lipinski definition) is 14. The molecule has 3 heterocycles. The second-order valence-electron chi connectivity index (χ2n) is 10.2. The minimum Gasteiger partial charge on any atom is -0.508 e. The number of nitrogens with zero attached hydrogens (tertiary/aromatic N) is 3. The molecule has 0 aliphatic rings. The molecule has 14 nitrogen and oxygen atoms in total. The number of halogens is 2. The van der Waals surface area contributed by atoms with Crippen LogP contribution in [0.15, 0.2) is 74.9 Å². The van der Waals surface area contributed by atoms with Gasteiger partial charge in [0.25, 0.3) is 0 Å². The first-order valence-corrected chi connectivity index (χ1v) is 20.1. The van der Waals surface area contributed by atoms with Gasteiger partial charge in [-0.2, -0.15) is 16.8 Å². The number of benzene rings is 2. The Morgan fingerprint density at radius 1 is 0.725 bits per heavy atom. The van der Waals surface area contributed by atoms with E-state index in [0.29, 0.717) is 34.3 Å². The third kappa shape index (κ3) is 12.5. The van der Waals surface area contributed by atoms with Gasteiger partial charge in [0.15, 0.2) is 31.0 Å². The average Bonchev–Trinajstić information content (AvgIpc) is 3.49. The Kier molecular flexibility index (Phi) is 16.4. The van der Waals surface area contributed by atoms with E-state index in [1.165, 1.54) is 30.3 Å². The lowest BCUT2D eigenvalue weighted by molar-refractivity contribution is 0.0986. The second kappa shape index (κ2) is 19.4. The number of rotatable bonds is 8. The van der Waals surface area contributed by atoms with Gasteiger partial charge in [-0.3, -0.25) is 4.79 Å². The number of fused-ring (bicyclic) bond motifs is 1. The fraction of sp³-hybridized carbons (Fsp3) is 0.226. The van der Waals surface area contributed by atoms with Crippen LogP contribution >= 0.6 is 23.2 Å². The molecule has 5 aromatic rings. The number of Topliss-reactive ketones (excluding diaryl/α,β-unsaturated/α-hetero) is 1. The number of ketones is 1. The summed E-state index contributed by atoms with van der Waals surface area (Å²) in [5.41, 5.74) is 3.74. The Morgan fingerprint density at radius 2 is 1.24 bits per heavy atom. The minimum atomic E-state index is -3.42. The average molecular weight is 819 g/mol. The monoisotopic (exact) mass is 817 g/mol. The van der Waals surface area contributed by atoms with E-state index in [0.717, 1.165) is 30.1 Å². The molecule has 0 bridgehead atoms. The number of oxazole rings is 1. The first-order valence-electron chi connectivity index (χ1n) is 14.2. The fourth-order valence-corrected chi connectivity index (χ4v) is 5.96. The molecule has 0 radical (unpaired) electrons. The largest absolute Gasteiger partial charge is 0.508 e. The molecule has 0 aliphatic heterocycles. The molecule has 5 rings (SSSR count). The Bertz CT molecular complexity index is 2330. The molecule has 0 saturated carbocycles. The second-order valence-corrected chi connectivity index (χ2v) is 15.3. The number of carbonyl (C=O) groups excluding carboxylic acids is 1. The van der Waals surface area contributed by atoms with Crippen LogP contribution in [0.25, 0.3) is 22.7 Å². The van der Waals surface area contributed by atoms with Gasteiger partial charge in [0, 0.05) is 24.5 Å². The van der Waals surface area contributed by atoms with Crippen LogP contribution in [0.5, 0.6) is 5.75 Å². The van der Waals surface area contributed by atoms with Crippen molar-refractivity contribution in [1.29, 1.82) is 0 Å². The van der Waals surface area contributed by atoms with Crippen molar-refractivity contribution in [1.82, 2.24) is 15.0 Å². The van der Waals surface area contributed by atoms with Gasteiger partial charge < -0.3 is 9.52 Å². The summed E-state index contributed by atoms with van der Waals surface area (Å²) in [6.07, 6.45) is 3.44. The molecule has 0 saturated heterocycles. The van der Waals surface area contributed by atoms with Gasteiger partial charge in [-0.15, -0.1) is 0 Å².